The second-order valence-electron chi connectivity index (χ2n) is 12.1. The zero-order valence-corrected chi connectivity index (χ0v) is 24.8. The lowest BCUT2D eigenvalue weighted by molar-refractivity contribution is -0.123. The fraction of sp³-hybridized carbons (Fsp3) is 0.545. The fourth-order valence-electron chi connectivity index (χ4n) is 6.64. The number of imide groups is 1. The first-order chi connectivity index (χ1) is 20.1. The molecule has 0 aromatic heterocycles. The van der Waals surface area contributed by atoms with Crippen molar-refractivity contribution in [2.75, 3.05) is 25.0 Å². The van der Waals surface area contributed by atoms with E-state index >= 15 is 4.39 Å². The zero-order chi connectivity index (χ0) is 30.0. The number of carbonyl (C=O) groups excluding carboxylic acids is 3. The summed E-state index contributed by atoms with van der Waals surface area (Å²) in [4.78, 5) is 43.4. The van der Waals surface area contributed by atoms with Crippen LogP contribution in [-0.4, -0.2) is 69.9 Å². The molecule has 2 aliphatic heterocycles. The molecule has 1 aliphatic carbocycles. The first kappa shape index (κ1) is 30.3. The average Bonchev–Trinajstić information content (AvgIpc) is 3.13. The summed E-state index contributed by atoms with van der Waals surface area (Å²) in [5.41, 5.74) is 2.12. The summed E-state index contributed by atoms with van der Waals surface area (Å²) in [6, 6.07) is 9.31. The molecule has 2 fully saturated rings. The minimum absolute atomic E-state index is 0.0848. The molecule has 3 atom stereocenters. The maximum Gasteiger partial charge on any atom is 0.264 e. The Kier molecular flexibility index (Phi) is 9.11. The lowest BCUT2D eigenvalue weighted by Crippen LogP contribution is -2.44. The number of ether oxygens (including phenoxy) is 1. The van der Waals surface area contributed by atoms with E-state index in [4.69, 9.17) is 4.74 Å². The molecule has 2 aromatic rings. The van der Waals surface area contributed by atoms with Crippen LogP contribution in [0.15, 0.2) is 36.4 Å². The second kappa shape index (κ2) is 12.6. The number of benzene rings is 2. The van der Waals surface area contributed by atoms with Gasteiger partial charge in [-0.3, -0.25) is 24.2 Å². The van der Waals surface area contributed by atoms with E-state index in [1.54, 1.807) is 30.3 Å². The van der Waals surface area contributed by atoms with E-state index in [9.17, 15) is 19.5 Å². The van der Waals surface area contributed by atoms with E-state index in [0.717, 1.165) is 36.4 Å². The molecule has 2 aromatic carbocycles. The molecule has 2 N–H and O–H groups in total. The van der Waals surface area contributed by atoms with Gasteiger partial charge in [0.05, 0.1) is 28.9 Å². The Balaban J connectivity index is 1.25. The molecule has 42 heavy (non-hydrogen) atoms. The van der Waals surface area contributed by atoms with Crippen LogP contribution < -0.4 is 5.32 Å². The van der Waals surface area contributed by atoms with E-state index in [-0.39, 0.29) is 53.6 Å². The monoisotopic (exact) mass is 579 g/mol. The highest BCUT2D eigenvalue weighted by Gasteiger charge is 2.45. The topological polar surface area (TPSA) is 99.2 Å². The van der Waals surface area contributed by atoms with Gasteiger partial charge in [0.1, 0.15) is 5.82 Å². The number of piperidine rings is 1. The third-order valence-electron chi connectivity index (χ3n) is 9.30. The lowest BCUT2D eigenvalue weighted by Gasteiger charge is -2.39. The Morgan fingerprint density at radius 3 is 2.52 bits per heavy atom. The van der Waals surface area contributed by atoms with Gasteiger partial charge in [-0.05, 0) is 69.2 Å². The maximum atomic E-state index is 15.2. The van der Waals surface area contributed by atoms with Crippen LogP contribution >= 0.6 is 0 Å². The van der Waals surface area contributed by atoms with Gasteiger partial charge in [0, 0.05) is 50.5 Å². The van der Waals surface area contributed by atoms with Gasteiger partial charge in [-0.1, -0.05) is 31.5 Å². The number of aliphatic hydroxyl groups is 1. The van der Waals surface area contributed by atoms with Crippen LogP contribution in [0, 0.1) is 11.7 Å². The molecule has 3 aliphatic rings. The molecular weight excluding hydrogens is 537 g/mol. The molecule has 1 saturated heterocycles. The molecule has 3 unspecified atom stereocenters. The minimum Gasteiger partial charge on any atom is -0.393 e. The molecule has 226 valence electrons. The number of amides is 2. The van der Waals surface area contributed by atoms with Crippen molar-refractivity contribution in [2.45, 2.75) is 90.1 Å². The van der Waals surface area contributed by atoms with E-state index in [1.807, 2.05) is 19.9 Å². The van der Waals surface area contributed by atoms with E-state index in [0.29, 0.717) is 37.2 Å². The molecular formula is C33H42FN3O5. The standard InChI is InChI=1S/C33H42FN3O5/c1-4-22-18-29(39)27(11-12-28(22)38)37-31(40)24-7-6-8-26(30(24)32(37)41)35-19-23-10-9-21(17-25(23)34)20-36-15-13-33(3,14-16-36)42-5-2/h6-10,17,22,27-28,35,38H,4-5,11-16,18-20H2,1-3H3. The Bertz CT molecular complexity index is 1340. The normalized spacial score (nSPS) is 24.5. The highest BCUT2D eigenvalue weighted by Crippen LogP contribution is 2.35. The van der Waals surface area contributed by atoms with Crippen LogP contribution in [0.4, 0.5) is 10.1 Å². The first-order valence-electron chi connectivity index (χ1n) is 15.2. The summed E-state index contributed by atoms with van der Waals surface area (Å²) < 4.78 is 21.1. The van der Waals surface area contributed by atoms with Crippen molar-refractivity contribution in [1.29, 1.82) is 0 Å². The van der Waals surface area contributed by atoms with Gasteiger partial charge in [-0.2, -0.15) is 0 Å². The summed E-state index contributed by atoms with van der Waals surface area (Å²) in [5, 5.41) is 13.6. The molecule has 0 bridgehead atoms. The largest absolute Gasteiger partial charge is 0.393 e. The number of hydrogen-bond acceptors (Lipinski definition) is 7. The average molecular weight is 580 g/mol. The molecule has 2 amide bonds. The molecule has 1 saturated carbocycles. The number of ketones is 1. The summed E-state index contributed by atoms with van der Waals surface area (Å²) in [7, 11) is 0. The third kappa shape index (κ3) is 6.14. The van der Waals surface area contributed by atoms with Crippen LogP contribution in [0.5, 0.6) is 0 Å². The van der Waals surface area contributed by atoms with E-state index in [1.165, 1.54) is 0 Å². The van der Waals surface area contributed by atoms with Gasteiger partial charge in [0.25, 0.3) is 11.8 Å². The minimum atomic E-state index is -0.894. The number of nitrogens with zero attached hydrogens (tertiary/aromatic N) is 2. The van der Waals surface area contributed by atoms with Crippen molar-refractivity contribution in [1.82, 2.24) is 9.80 Å². The fourth-order valence-corrected chi connectivity index (χ4v) is 6.64. The third-order valence-corrected chi connectivity index (χ3v) is 9.30. The number of carbonyl (C=O) groups is 3. The van der Waals surface area contributed by atoms with Crippen LogP contribution in [0.25, 0.3) is 0 Å². The SMILES string of the molecule is CCOC1(C)CCN(Cc2ccc(CNc3cccc4c3C(=O)N(C3CCC(O)C(CC)CC3=O)C4=O)c(F)c2)CC1. The Hall–Kier alpha value is -3.14. The van der Waals surface area contributed by atoms with Crippen molar-refractivity contribution in [3.05, 3.63) is 64.5 Å². The van der Waals surface area contributed by atoms with Gasteiger partial charge in [-0.25, -0.2) is 4.39 Å². The van der Waals surface area contributed by atoms with Crippen LogP contribution in [0.2, 0.25) is 0 Å². The quantitative estimate of drug-likeness (QED) is 0.321. The Morgan fingerprint density at radius 2 is 1.83 bits per heavy atom. The highest BCUT2D eigenvalue weighted by atomic mass is 19.1. The number of Topliss-reactive ketones (excluding diaryl/α,β-unsaturated/α-hetero) is 1. The van der Waals surface area contributed by atoms with Crippen molar-refractivity contribution < 1.29 is 28.6 Å². The predicted molar refractivity (Wildman–Crippen MR) is 158 cm³/mol. The van der Waals surface area contributed by atoms with Crippen LogP contribution in [0.1, 0.15) is 91.1 Å². The van der Waals surface area contributed by atoms with Gasteiger partial charge in [0.15, 0.2) is 5.78 Å². The van der Waals surface area contributed by atoms with Crippen molar-refractivity contribution in [3.63, 3.8) is 0 Å². The van der Waals surface area contributed by atoms with Crippen molar-refractivity contribution >= 4 is 23.3 Å². The molecule has 0 spiro atoms. The zero-order valence-electron chi connectivity index (χ0n) is 24.8. The number of likely N-dealkylation sites (tertiary alicyclic amines) is 1. The van der Waals surface area contributed by atoms with Gasteiger partial charge >= 0.3 is 0 Å². The number of halogens is 1. The first-order valence-corrected chi connectivity index (χ1v) is 15.2. The molecule has 2 heterocycles. The van der Waals surface area contributed by atoms with Gasteiger partial charge < -0.3 is 15.2 Å². The summed E-state index contributed by atoms with van der Waals surface area (Å²) in [5.74, 6) is -1.74. The second-order valence-corrected chi connectivity index (χ2v) is 12.1. The summed E-state index contributed by atoms with van der Waals surface area (Å²) in [6.45, 7) is 9.40. The number of nitrogens with one attached hydrogen (secondary N) is 1. The Morgan fingerprint density at radius 1 is 1.07 bits per heavy atom. The van der Waals surface area contributed by atoms with E-state index < -0.39 is 24.0 Å². The van der Waals surface area contributed by atoms with Crippen LogP contribution in [-0.2, 0) is 22.6 Å². The highest BCUT2D eigenvalue weighted by molar-refractivity contribution is 6.25. The summed E-state index contributed by atoms with van der Waals surface area (Å²) >= 11 is 0. The lowest BCUT2D eigenvalue weighted by atomic mass is 9.93. The number of fused-ring (bicyclic) bond motifs is 1. The van der Waals surface area contributed by atoms with Gasteiger partial charge in [0.2, 0.25) is 0 Å². The van der Waals surface area contributed by atoms with Crippen LogP contribution in [0.3, 0.4) is 0 Å². The molecule has 9 heteroatoms. The smallest absolute Gasteiger partial charge is 0.264 e. The molecule has 0 radical (unpaired) electrons. The van der Waals surface area contributed by atoms with Crippen molar-refractivity contribution in [3.8, 4) is 0 Å². The number of aliphatic hydroxyl groups excluding tert-OH is 1. The summed E-state index contributed by atoms with van der Waals surface area (Å²) in [6.07, 6.45) is 2.65. The Labute approximate surface area is 247 Å². The molecule has 8 nitrogen and oxygen atoms in total. The number of anilines is 1. The molecule has 5 rings (SSSR count). The van der Waals surface area contributed by atoms with Crippen molar-refractivity contribution in [2.24, 2.45) is 5.92 Å². The van der Waals surface area contributed by atoms with E-state index in [2.05, 4.69) is 17.1 Å². The number of hydrogen-bond donors (Lipinski definition) is 2. The number of rotatable bonds is 9. The predicted octanol–water partition coefficient (Wildman–Crippen LogP) is 4.93. The van der Waals surface area contributed by atoms with Gasteiger partial charge in [-0.15, -0.1) is 0 Å². The maximum absolute atomic E-state index is 15.2.